The predicted octanol–water partition coefficient (Wildman–Crippen LogP) is 2.99. The number of para-hydroxylation sites is 1. The highest BCUT2D eigenvalue weighted by molar-refractivity contribution is 5.85. The van der Waals surface area contributed by atoms with Crippen LogP contribution in [0, 0.1) is 0 Å². The molecule has 0 amide bonds. The van der Waals surface area contributed by atoms with Gasteiger partial charge in [-0.3, -0.25) is 4.98 Å². The third kappa shape index (κ3) is 4.81. The summed E-state index contributed by atoms with van der Waals surface area (Å²) in [7, 11) is 0. The van der Waals surface area contributed by atoms with Crippen LogP contribution in [-0.2, 0) is 13.0 Å². The second-order valence-electron chi connectivity index (χ2n) is 5.41. The summed E-state index contributed by atoms with van der Waals surface area (Å²) in [6, 6.07) is 17.9. The van der Waals surface area contributed by atoms with Crippen LogP contribution in [0.15, 0.2) is 60.8 Å². The molecule has 0 saturated carbocycles. The van der Waals surface area contributed by atoms with Gasteiger partial charge >= 0.3 is 0 Å². The van der Waals surface area contributed by atoms with Gasteiger partial charge in [-0.15, -0.1) is 12.4 Å². The minimum absolute atomic E-state index is 0. The second kappa shape index (κ2) is 9.05. The van der Waals surface area contributed by atoms with Gasteiger partial charge in [0.15, 0.2) is 0 Å². The molecule has 0 fully saturated rings. The van der Waals surface area contributed by atoms with Crippen molar-refractivity contribution in [1.82, 2.24) is 20.1 Å². The number of nitrogens with zero attached hydrogens (tertiary/aromatic N) is 3. The summed E-state index contributed by atoms with van der Waals surface area (Å²) in [5, 5.41) is 7.98. The van der Waals surface area contributed by atoms with E-state index in [1.54, 1.807) is 4.68 Å². The summed E-state index contributed by atoms with van der Waals surface area (Å²) in [5.74, 6) is 0.674. The fourth-order valence-corrected chi connectivity index (χ4v) is 2.46. The van der Waals surface area contributed by atoms with Crippen LogP contribution in [0.2, 0.25) is 0 Å². The fourth-order valence-electron chi connectivity index (χ4n) is 2.46. The standard InChI is InChI=1S/C18H21N5.ClH/c19-18-13-15(22-23(18)17-9-2-1-3-10-17)8-6-11-20-14-16-7-4-5-12-21-16;/h1-5,7,9-10,12-13,20H,6,8,11,14,19H2;1H. The number of halogens is 1. The normalized spacial score (nSPS) is 10.3. The molecule has 3 N–H and O–H groups in total. The molecule has 0 spiro atoms. The molecule has 0 atom stereocenters. The van der Waals surface area contributed by atoms with Crippen molar-refractivity contribution in [1.29, 1.82) is 0 Å². The number of aryl methyl sites for hydroxylation is 1. The molecule has 6 heteroatoms. The average Bonchev–Trinajstić information content (AvgIpc) is 2.97. The van der Waals surface area contributed by atoms with E-state index in [0.29, 0.717) is 5.82 Å². The molecule has 3 rings (SSSR count). The Morgan fingerprint density at radius 1 is 1.00 bits per heavy atom. The second-order valence-corrected chi connectivity index (χ2v) is 5.41. The van der Waals surface area contributed by atoms with Crippen LogP contribution in [-0.4, -0.2) is 21.3 Å². The predicted molar refractivity (Wildman–Crippen MR) is 99.5 cm³/mol. The molecule has 0 unspecified atom stereocenters. The minimum Gasteiger partial charge on any atom is -0.384 e. The van der Waals surface area contributed by atoms with Gasteiger partial charge < -0.3 is 11.1 Å². The lowest BCUT2D eigenvalue weighted by atomic mass is 10.2. The first kappa shape index (κ1) is 18.0. The third-order valence-electron chi connectivity index (χ3n) is 3.61. The summed E-state index contributed by atoms with van der Waals surface area (Å²) >= 11 is 0. The lowest BCUT2D eigenvalue weighted by molar-refractivity contribution is 0.634. The molecule has 2 aromatic heterocycles. The van der Waals surface area contributed by atoms with Crippen LogP contribution >= 0.6 is 12.4 Å². The van der Waals surface area contributed by atoms with Crippen molar-refractivity contribution in [3.63, 3.8) is 0 Å². The smallest absolute Gasteiger partial charge is 0.127 e. The van der Waals surface area contributed by atoms with Crippen LogP contribution in [0.3, 0.4) is 0 Å². The number of nitrogens with two attached hydrogens (primary N) is 1. The molecule has 1 aromatic carbocycles. The molecule has 5 nitrogen and oxygen atoms in total. The molecule has 0 aliphatic heterocycles. The van der Waals surface area contributed by atoms with Crippen molar-refractivity contribution >= 4 is 18.2 Å². The van der Waals surface area contributed by atoms with Gasteiger partial charge in [-0.1, -0.05) is 24.3 Å². The Labute approximate surface area is 148 Å². The lowest BCUT2D eigenvalue weighted by Crippen LogP contribution is -2.16. The van der Waals surface area contributed by atoms with E-state index in [2.05, 4.69) is 15.4 Å². The summed E-state index contributed by atoms with van der Waals surface area (Å²) in [4.78, 5) is 4.29. The van der Waals surface area contributed by atoms with Crippen LogP contribution < -0.4 is 11.1 Å². The number of hydrogen-bond acceptors (Lipinski definition) is 4. The maximum absolute atomic E-state index is 6.06. The number of rotatable bonds is 7. The van der Waals surface area contributed by atoms with E-state index in [1.807, 2.05) is 60.8 Å². The number of anilines is 1. The number of nitrogens with one attached hydrogen (secondary N) is 1. The monoisotopic (exact) mass is 343 g/mol. The molecule has 0 saturated heterocycles. The lowest BCUT2D eigenvalue weighted by Gasteiger charge is -2.03. The fraction of sp³-hybridized carbons (Fsp3) is 0.222. The van der Waals surface area contributed by atoms with Crippen molar-refractivity contribution in [3.8, 4) is 5.69 Å². The molecule has 126 valence electrons. The molecule has 0 aliphatic carbocycles. The van der Waals surface area contributed by atoms with E-state index in [0.717, 1.165) is 43.0 Å². The molecule has 0 bridgehead atoms. The third-order valence-corrected chi connectivity index (χ3v) is 3.61. The van der Waals surface area contributed by atoms with E-state index >= 15 is 0 Å². The van der Waals surface area contributed by atoms with E-state index in [-0.39, 0.29) is 12.4 Å². The van der Waals surface area contributed by atoms with Gasteiger partial charge in [0.25, 0.3) is 0 Å². The Bertz CT molecular complexity index is 728. The number of benzene rings is 1. The highest BCUT2D eigenvalue weighted by Crippen LogP contribution is 2.14. The molecule has 2 heterocycles. The van der Waals surface area contributed by atoms with E-state index in [1.165, 1.54) is 0 Å². The molecule has 0 radical (unpaired) electrons. The van der Waals surface area contributed by atoms with Gasteiger partial charge in [0.1, 0.15) is 5.82 Å². The Balaban J connectivity index is 0.00000208. The van der Waals surface area contributed by atoms with E-state index < -0.39 is 0 Å². The maximum Gasteiger partial charge on any atom is 0.127 e. The van der Waals surface area contributed by atoms with E-state index in [9.17, 15) is 0 Å². The van der Waals surface area contributed by atoms with Crippen LogP contribution in [0.1, 0.15) is 17.8 Å². The molecular formula is C18H22ClN5. The quantitative estimate of drug-likeness (QED) is 0.647. The number of pyridine rings is 1. The first-order valence-electron chi connectivity index (χ1n) is 7.83. The summed E-state index contributed by atoms with van der Waals surface area (Å²) < 4.78 is 1.79. The van der Waals surface area contributed by atoms with Gasteiger partial charge in [0, 0.05) is 18.8 Å². The first-order chi connectivity index (χ1) is 11.3. The molecular weight excluding hydrogens is 322 g/mol. The molecule has 0 aliphatic rings. The number of nitrogen functional groups attached to an aromatic ring is 1. The van der Waals surface area contributed by atoms with Crippen LogP contribution in [0.25, 0.3) is 5.69 Å². The Kier molecular flexibility index (Phi) is 6.78. The van der Waals surface area contributed by atoms with Gasteiger partial charge in [-0.25, -0.2) is 4.68 Å². The average molecular weight is 344 g/mol. The molecule has 24 heavy (non-hydrogen) atoms. The summed E-state index contributed by atoms with van der Waals surface area (Å²) in [6.45, 7) is 1.72. The highest BCUT2D eigenvalue weighted by atomic mass is 35.5. The van der Waals surface area contributed by atoms with Crippen LogP contribution in [0.5, 0.6) is 0 Å². The van der Waals surface area contributed by atoms with Crippen molar-refractivity contribution in [2.24, 2.45) is 0 Å². The van der Waals surface area contributed by atoms with E-state index in [4.69, 9.17) is 5.73 Å². The molecule has 3 aromatic rings. The zero-order valence-corrected chi connectivity index (χ0v) is 14.2. The van der Waals surface area contributed by atoms with Crippen molar-refractivity contribution < 1.29 is 0 Å². The largest absolute Gasteiger partial charge is 0.384 e. The first-order valence-corrected chi connectivity index (χ1v) is 7.83. The van der Waals surface area contributed by atoms with Gasteiger partial charge in [0.2, 0.25) is 0 Å². The summed E-state index contributed by atoms with van der Waals surface area (Å²) in [5.41, 5.74) is 9.13. The van der Waals surface area contributed by atoms with Gasteiger partial charge in [0.05, 0.1) is 17.1 Å². The van der Waals surface area contributed by atoms with Gasteiger partial charge in [-0.2, -0.15) is 5.10 Å². The zero-order valence-electron chi connectivity index (χ0n) is 13.4. The van der Waals surface area contributed by atoms with Crippen molar-refractivity contribution in [2.75, 3.05) is 12.3 Å². The number of hydrogen-bond donors (Lipinski definition) is 2. The summed E-state index contributed by atoms with van der Waals surface area (Å²) in [6.07, 6.45) is 3.73. The van der Waals surface area contributed by atoms with Gasteiger partial charge in [-0.05, 0) is 43.7 Å². The highest BCUT2D eigenvalue weighted by Gasteiger charge is 2.06. The van der Waals surface area contributed by atoms with Crippen molar-refractivity contribution in [2.45, 2.75) is 19.4 Å². The zero-order chi connectivity index (χ0) is 15.9. The topological polar surface area (TPSA) is 68.8 Å². The van der Waals surface area contributed by atoms with Crippen molar-refractivity contribution in [3.05, 3.63) is 72.2 Å². The minimum atomic E-state index is 0. The SMILES string of the molecule is Cl.Nc1cc(CCCNCc2ccccn2)nn1-c1ccccc1. The Morgan fingerprint density at radius 2 is 1.79 bits per heavy atom. The van der Waals surface area contributed by atoms with Crippen LogP contribution in [0.4, 0.5) is 5.82 Å². The Hall–Kier alpha value is -2.37. The number of aromatic nitrogens is 3. The maximum atomic E-state index is 6.06. The Morgan fingerprint density at radius 3 is 2.54 bits per heavy atom.